The molecule has 0 aliphatic rings. The number of ketones is 1. The van der Waals surface area contributed by atoms with Gasteiger partial charge in [0.05, 0.1) is 11.5 Å². The Labute approximate surface area is 126 Å². The number of pyridine rings is 1. The minimum Gasteiger partial charge on any atom is -0.546 e. The van der Waals surface area contributed by atoms with Crippen molar-refractivity contribution < 1.29 is 24.5 Å². The first-order chi connectivity index (χ1) is 10.6. The lowest BCUT2D eigenvalue weighted by molar-refractivity contribution is -0.307. The van der Waals surface area contributed by atoms with E-state index in [1.807, 2.05) is 0 Å². The lowest BCUT2D eigenvalue weighted by Crippen LogP contribution is -2.28. The summed E-state index contributed by atoms with van der Waals surface area (Å²) < 4.78 is 4.85. The highest BCUT2D eigenvalue weighted by molar-refractivity contribution is 6.08. The van der Waals surface area contributed by atoms with E-state index >= 15 is 0 Å². The van der Waals surface area contributed by atoms with Crippen LogP contribution in [-0.4, -0.2) is 28.4 Å². The van der Waals surface area contributed by atoms with Crippen molar-refractivity contribution in [2.75, 3.05) is 6.61 Å². The molecule has 0 amide bonds. The second-order valence-corrected chi connectivity index (χ2v) is 4.32. The van der Waals surface area contributed by atoms with Crippen LogP contribution in [0.1, 0.15) is 15.9 Å². The maximum atomic E-state index is 12.0. The first-order valence-electron chi connectivity index (χ1n) is 6.34. The van der Waals surface area contributed by atoms with Gasteiger partial charge in [0.25, 0.3) is 0 Å². The Morgan fingerprint density at radius 3 is 2.77 bits per heavy atom. The third kappa shape index (κ3) is 4.17. The average Bonchev–Trinajstić information content (AvgIpc) is 2.51. The summed E-state index contributed by atoms with van der Waals surface area (Å²) in [6.07, 6.45) is 6.11. The number of carboxylic acids is 1. The molecule has 6 nitrogen and oxygen atoms in total. The van der Waals surface area contributed by atoms with E-state index in [4.69, 9.17) is 4.74 Å². The number of carbonyl (C=O) groups excluding carboxylic acids is 2. The number of rotatable bonds is 6. The fourth-order valence-corrected chi connectivity index (χ4v) is 1.69. The smallest absolute Gasteiger partial charge is 0.189 e. The Morgan fingerprint density at radius 1 is 1.32 bits per heavy atom. The van der Waals surface area contributed by atoms with Crippen LogP contribution in [0.4, 0.5) is 0 Å². The number of phenols is 1. The number of hydrogen-bond acceptors (Lipinski definition) is 6. The summed E-state index contributed by atoms with van der Waals surface area (Å²) in [4.78, 5) is 26.2. The zero-order valence-electron chi connectivity index (χ0n) is 11.4. The van der Waals surface area contributed by atoms with Crippen LogP contribution >= 0.6 is 0 Å². The molecule has 0 aliphatic carbocycles. The summed E-state index contributed by atoms with van der Waals surface area (Å²) in [6.45, 7) is -0.631. The van der Waals surface area contributed by atoms with Gasteiger partial charge in [0, 0.05) is 18.5 Å². The molecule has 0 fully saturated rings. The fourth-order valence-electron chi connectivity index (χ4n) is 1.69. The number of allylic oxidation sites excluding steroid dienone is 1. The number of nitrogens with zero attached hydrogens (tertiary/aromatic N) is 1. The molecule has 2 rings (SSSR count). The molecule has 1 N–H and O–H groups in total. The van der Waals surface area contributed by atoms with Crippen LogP contribution in [0, 0.1) is 0 Å². The van der Waals surface area contributed by atoms with Crippen molar-refractivity contribution in [1.29, 1.82) is 0 Å². The molecule has 1 aromatic carbocycles. The van der Waals surface area contributed by atoms with Crippen molar-refractivity contribution in [2.45, 2.75) is 0 Å². The molecule has 0 radical (unpaired) electrons. The molecule has 0 bridgehead atoms. The molecule has 0 unspecified atom stereocenters. The van der Waals surface area contributed by atoms with Gasteiger partial charge in [0.1, 0.15) is 18.1 Å². The standard InChI is InChI=1S/C16H13NO5/c18-14(6-3-11-2-1-7-17-9-11)13-5-4-12(8-15(13)19)22-10-16(20)21/h1-9,19H,10H2,(H,20,21)/p-1. The maximum absolute atomic E-state index is 12.0. The zero-order valence-corrected chi connectivity index (χ0v) is 11.4. The Kier molecular flexibility index (Phi) is 4.87. The predicted octanol–water partition coefficient (Wildman–Crippen LogP) is 0.812. The Balaban J connectivity index is 2.10. The van der Waals surface area contributed by atoms with Gasteiger partial charge in [-0.25, -0.2) is 0 Å². The second kappa shape index (κ2) is 7.03. The molecule has 112 valence electrons. The average molecular weight is 298 g/mol. The highest BCUT2D eigenvalue weighted by atomic mass is 16.5. The monoisotopic (exact) mass is 298 g/mol. The van der Waals surface area contributed by atoms with E-state index in [-0.39, 0.29) is 17.1 Å². The zero-order chi connectivity index (χ0) is 15.9. The molecule has 0 saturated carbocycles. The van der Waals surface area contributed by atoms with E-state index in [9.17, 15) is 19.8 Å². The number of aliphatic carboxylic acids is 1. The molecule has 0 spiro atoms. The van der Waals surface area contributed by atoms with Crippen molar-refractivity contribution in [3.8, 4) is 11.5 Å². The van der Waals surface area contributed by atoms with Crippen molar-refractivity contribution in [3.63, 3.8) is 0 Å². The highest BCUT2D eigenvalue weighted by Gasteiger charge is 2.09. The lowest BCUT2D eigenvalue weighted by Gasteiger charge is -2.08. The van der Waals surface area contributed by atoms with Crippen LogP contribution in [0.25, 0.3) is 6.08 Å². The Hall–Kier alpha value is -3.15. The topological polar surface area (TPSA) is 99.6 Å². The number of benzene rings is 1. The van der Waals surface area contributed by atoms with Gasteiger partial charge in [-0.1, -0.05) is 6.07 Å². The Morgan fingerprint density at radius 2 is 2.14 bits per heavy atom. The molecule has 1 heterocycles. The van der Waals surface area contributed by atoms with Crippen LogP contribution in [-0.2, 0) is 4.79 Å². The predicted molar refractivity (Wildman–Crippen MR) is 76.2 cm³/mol. The van der Waals surface area contributed by atoms with Gasteiger partial charge in [-0.15, -0.1) is 0 Å². The van der Waals surface area contributed by atoms with E-state index in [0.717, 1.165) is 5.56 Å². The van der Waals surface area contributed by atoms with E-state index < -0.39 is 18.4 Å². The summed E-state index contributed by atoms with van der Waals surface area (Å²) in [6, 6.07) is 7.45. The molecule has 22 heavy (non-hydrogen) atoms. The minimum absolute atomic E-state index is 0.0842. The van der Waals surface area contributed by atoms with Crippen molar-refractivity contribution in [2.24, 2.45) is 0 Å². The van der Waals surface area contributed by atoms with Crippen molar-refractivity contribution in [3.05, 3.63) is 59.9 Å². The van der Waals surface area contributed by atoms with Gasteiger partial charge in [-0.2, -0.15) is 0 Å². The second-order valence-electron chi connectivity index (χ2n) is 4.32. The highest BCUT2D eigenvalue weighted by Crippen LogP contribution is 2.24. The quantitative estimate of drug-likeness (QED) is 0.626. The molecule has 6 heteroatoms. The molecule has 2 aromatic rings. The van der Waals surface area contributed by atoms with Crippen LogP contribution in [0.2, 0.25) is 0 Å². The largest absolute Gasteiger partial charge is 0.546 e. The SMILES string of the molecule is O=C([O-])COc1ccc(C(=O)C=Cc2cccnc2)c(O)c1. The third-order valence-corrected chi connectivity index (χ3v) is 2.70. The first kappa shape index (κ1) is 15.2. The van der Waals surface area contributed by atoms with Crippen LogP contribution in [0.5, 0.6) is 11.5 Å². The molecule has 1 aromatic heterocycles. The van der Waals surface area contributed by atoms with Crippen LogP contribution in [0.3, 0.4) is 0 Å². The van der Waals surface area contributed by atoms with Crippen molar-refractivity contribution in [1.82, 2.24) is 4.98 Å². The summed E-state index contributed by atoms with van der Waals surface area (Å²) >= 11 is 0. The normalized spacial score (nSPS) is 10.5. The van der Waals surface area contributed by atoms with Crippen LogP contribution < -0.4 is 9.84 Å². The van der Waals surface area contributed by atoms with Gasteiger partial charge in [-0.3, -0.25) is 9.78 Å². The summed E-state index contributed by atoms with van der Waals surface area (Å²) in [7, 11) is 0. The number of hydrogen-bond donors (Lipinski definition) is 1. The first-order valence-corrected chi connectivity index (χ1v) is 6.34. The molecular weight excluding hydrogens is 286 g/mol. The molecule has 0 atom stereocenters. The summed E-state index contributed by atoms with van der Waals surface area (Å²) in [5.41, 5.74) is 0.838. The van der Waals surface area contributed by atoms with Gasteiger partial charge >= 0.3 is 0 Å². The van der Waals surface area contributed by atoms with Gasteiger partial charge in [0.15, 0.2) is 5.78 Å². The fraction of sp³-hybridized carbons (Fsp3) is 0.0625. The molecular formula is C16H12NO5-. The maximum Gasteiger partial charge on any atom is 0.189 e. The number of ether oxygens (including phenoxy) is 1. The number of phenolic OH excluding ortho intramolecular Hbond substituents is 1. The molecule has 0 aliphatic heterocycles. The lowest BCUT2D eigenvalue weighted by atomic mass is 10.1. The van der Waals surface area contributed by atoms with Crippen molar-refractivity contribution >= 4 is 17.8 Å². The minimum atomic E-state index is -1.38. The third-order valence-electron chi connectivity index (χ3n) is 2.70. The van der Waals surface area contributed by atoms with E-state index in [1.54, 1.807) is 30.6 Å². The van der Waals surface area contributed by atoms with Crippen LogP contribution in [0.15, 0.2) is 48.8 Å². The Bertz CT molecular complexity index is 710. The van der Waals surface area contributed by atoms with Gasteiger partial charge in [-0.05, 0) is 35.9 Å². The number of carboxylic acid groups (broad SMARTS) is 1. The van der Waals surface area contributed by atoms with Gasteiger partial charge in [0.2, 0.25) is 0 Å². The molecule has 0 saturated heterocycles. The van der Waals surface area contributed by atoms with E-state index in [2.05, 4.69) is 4.98 Å². The summed E-state index contributed by atoms with van der Waals surface area (Å²) in [5, 5.41) is 20.1. The number of carbonyl (C=O) groups is 2. The van der Waals surface area contributed by atoms with Gasteiger partial charge < -0.3 is 19.7 Å². The van der Waals surface area contributed by atoms with E-state index in [1.165, 1.54) is 24.3 Å². The number of aromatic hydroxyl groups is 1. The number of aromatic nitrogens is 1. The summed E-state index contributed by atoms with van der Waals surface area (Å²) in [5.74, 6) is -1.93. The van der Waals surface area contributed by atoms with E-state index in [0.29, 0.717) is 0 Å².